The number of nitrogens with zero attached hydrogens (tertiary/aromatic N) is 1. The summed E-state index contributed by atoms with van der Waals surface area (Å²) in [6, 6.07) is 13.4. The monoisotopic (exact) mass is 363 g/mol. The fourth-order valence-corrected chi connectivity index (χ4v) is 3.69. The summed E-state index contributed by atoms with van der Waals surface area (Å²) in [5, 5.41) is 1.07. The van der Waals surface area contributed by atoms with E-state index in [-0.39, 0.29) is 11.9 Å². The zero-order valence-electron chi connectivity index (χ0n) is 13.5. The summed E-state index contributed by atoms with van der Waals surface area (Å²) in [4.78, 5) is 14.2. The predicted molar refractivity (Wildman–Crippen MR) is 98.3 cm³/mol. The van der Waals surface area contributed by atoms with Gasteiger partial charge in [-0.3, -0.25) is 4.79 Å². The van der Waals surface area contributed by atoms with Gasteiger partial charge in [0.2, 0.25) is 5.91 Å². The molecule has 1 fully saturated rings. The van der Waals surface area contributed by atoms with E-state index < -0.39 is 0 Å². The van der Waals surface area contributed by atoms with Crippen LogP contribution >= 0.6 is 23.2 Å². The van der Waals surface area contributed by atoms with E-state index in [9.17, 15) is 4.79 Å². The Kier molecular flexibility index (Phi) is 5.32. The predicted octanol–water partition coefficient (Wildman–Crippen LogP) is 5.13. The molecule has 0 unspecified atom stereocenters. The number of halogens is 2. The molecular weight excluding hydrogens is 345 g/mol. The van der Waals surface area contributed by atoms with Crippen LogP contribution in [-0.4, -0.2) is 18.6 Å². The van der Waals surface area contributed by atoms with Crippen molar-refractivity contribution in [2.75, 3.05) is 11.5 Å². The van der Waals surface area contributed by atoms with Crippen LogP contribution in [0.1, 0.15) is 25.3 Å². The maximum Gasteiger partial charge on any atom is 0.227 e. The number of hydrogen-bond acceptors (Lipinski definition) is 2. The van der Waals surface area contributed by atoms with E-state index in [2.05, 4.69) is 6.07 Å². The Bertz CT molecular complexity index is 728. The van der Waals surface area contributed by atoms with E-state index in [1.54, 1.807) is 18.2 Å². The summed E-state index contributed by atoms with van der Waals surface area (Å²) in [6.07, 6.45) is 2.14. The molecule has 3 nitrogen and oxygen atoms in total. The van der Waals surface area contributed by atoms with Crippen molar-refractivity contribution in [1.82, 2.24) is 0 Å². The zero-order valence-corrected chi connectivity index (χ0v) is 15.0. The highest BCUT2D eigenvalue weighted by Crippen LogP contribution is 2.33. The first-order valence-corrected chi connectivity index (χ1v) is 8.82. The number of rotatable bonds is 5. The minimum Gasteiger partial charge on any atom is -0.494 e. The van der Waals surface area contributed by atoms with Gasteiger partial charge in [0.25, 0.3) is 0 Å². The van der Waals surface area contributed by atoms with Crippen molar-refractivity contribution in [3.8, 4) is 5.75 Å². The summed E-state index contributed by atoms with van der Waals surface area (Å²) >= 11 is 12.2. The highest BCUT2D eigenvalue weighted by molar-refractivity contribution is 6.35. The molecule has 2 aromatic carbocycles. The maximum atomic E-state index is 12.4. The van der Waals surface area contributed by atoms with Gasteiger partial charge in [-0.1, -0.05) is 35.3 Å². The number of benzene rings is 2. The smallest absolute Gasteiger partial charge is 0.227 e. The lowest BCUT2D eigenvalue weighted by atomic mass is 10.0. The van der Waals surface area contributed by atoms with Crippen molar-refractivity contribution < 1.29 is 9.53 Å². The lowest BCUT2D eigenvalue weighted by Crippen LogP contribution is -2.34. The van der Waals surface area contributed by atoms with Crippen molar-refractivity contribution >= 4 is 34.8 Å². The molecule has 1 aliphatic heterocycles. The van der Waals surface area contributed by atoms with Crippen molar-refractivity contribution in [1.29, 1.82) is 0 Å². The first-order valence-electron chi connectivity index (χ1n) is 8.06. The van der Waals surface area contributed by atoms with Crippen LogP contribution in [0, 0.1) is 0 Å². The average Bonchev–Trinajstić information content (AvgIpc) is 2.87. The SMILES string of the molecule is CCOc1cccc(C[C@H]2CCC(=O)N2c2cc(Cl)cc(Cl)c2)c1. The Labute approximate surface area is 152 Å². The number of anilines is 1. The summed E-state index contributed by atoms with van der Waals surface area (Å²) in [5.41, 5.74) is 1.92. The Morgan fingerprint density at radius 2 is 1.92 bits per heavy atom. The van der Waals surface area contributed by atoms with Gasteiger partial charge < -0.3 is 9.64 Å². The quantitative estimate of drug-likeness (QED) is 0.736. The highest BCUT2D eigenvalue weighted by Gasteiger charge is 2.32. The molecular formula is C19H19Cl2NO2. The molecule has 1 saturated heterocycles. The maximum absolute atomic E-state index is 12.4. The number of amides is 1. The van der Waals surface area contributed by atoms with Crippen molar-refractivity contribution in [2.45, 2.75) is 32.2 Å². The normalized spacial score (nSPS) is 17.4. The van der Waals surface area contributed by atoms with Gasteiger partial charge in [-0.25, -0.2) is 0 Å². The zero-order chi connectivity index (χ0) is 17.1. The Morgan fingerprint density at radius 1 is 1.17 bits per heavy atom. The van der Waals surface area contributed by atoms with Crippen LogP contribution in [0.4, 0.5) is 5.69 Å². The Balaban J connectivity index is 1.84. The molecule has 0 aliphatic carbocycles. The number of carbonyl (C=O) groups is 1. The van der Waals surface area contributed by atoms with Crippen LogP contribution < -0.4 is 9.64 Å². The molecule has 126 valence electrons. The molecule has 1 aliphatic rings. The molecule has 0 aromatic heterocycles. The Hall–Kier alpha value is -1.71. The molecule has 3 rings (SSSR count). The van der Waals surface area contributed by atoms with E-state index >= 15 is 0 Å². The third-order valence-electron chi connectivity index (χ3n) is 4.13. The standard InChI is InChI=1S/C19H19Cl2NO2/c1-2-24-18-5-3-4-13(9-18)8-16-6-7-19(23)22(16)17-11-14(20)10-15(21)12-17/h3-5,9-12,16H,2,6-8H2,1H3/t16-/m1/s1. The fourth-order valence-electron chi connectivity index (χ4n) is 3.17. The average molecular weight is 364 g/mol. The van der Waals surface area contributed by atoms with Crippen LogP contribution in [0.15, 0.2) is 42.5 Å². The van der Waals surface area contributed by atoms with Gasteiger partial charge in [-0.15, -0.1) is 0 Å². The molecule has 1 heterocycles. The van der Waals surface area contributed by atoms with Gasteiger partial charge in [0.15, 0.2) is 0 Å². The molecule has 2 aromatic rings. The minimum atomic E-state index is 0.101. The fraction of sp³-hybridized carbons (Fsp3) is 0.316. The number of carbonyl (C=O) groups excluding carboxylic acids is 1. The van der Waals surface area contributed by atoms with Crippen LogP contribution in [-0.2, 0) is 11.2 Å². The highest BCUT2D eigenvalue weighted by atomic mass is 35.5. The van der Waals surface area contributed by atoms with Crippen LogP contribution in [0.5, 0.6) is 5.75 Å². The van der Waals surface area contributed by atoms with Gasteiger partial charge >= 0.3 is 0 Å². The second-order valence-corrected chi connectivity index (χ2v) is 6.74. The lowest BCUT2D eigenvalue weighted by molar-refractivity contribution is -0.117. The van der Waals surface area contributed by atoms with Gasteiger partial charge in [-0.2, -0.15) is 0 Å². The molecule has 0 N–H and O–H groups in total. The van der Waals surface area contributed by atoms with Gasteiger partial charge in [0, 0.05) is 28.2 Å². The third-order valence-corrected chi connectivity index (χ3v) is 4.57. The molecule has 1 atom stereocenters. The largest absolute Gasteiger partial charge is 0.494 e. The van der Waals surface area contributed by atoms with Gasteiger partial charge in [0.1, 0.15) is 5.75 Å². The first kappa shape index (κ1) is 17.1. The number of ether oxygens (including phenoxy) is 1. The van der Waals surface area contributed by atoms with E-state index in [1.807, 2.05) is 30.0 Å². The molecule has 5 heteroatoms. The summed E-state index contributed by atoms with van der Waals surface area (Å²) in [6.45, 7) is 2.60. The molecule has 0 radical (unpaired) electrons. The van der Waals surface area contributed by atoms with Crippen LogP contribution in [0.25, 0.3) is 0 Å². The summed E-state index contributed by atoms with van der Waals surface area (Å²) in [7, 11) is 0. The van der Waals surface area contributed by atoms with Crippen molar-refractivity contribution in [3.05, 3.63) is 58.1 Å². The first-order chi connectivity index (χ1) is 11.6. The summed E-state index contributed by atoms with van der Waals surface area (Å²) < 4.78 is 5.56. The molecule has 1 amide bonds. The van der Waals surface area contributed by atoms with Gasteiger partial charge in [-0.05, 0) is 55.7 Å². The van der Waals surface area contributed by atoms with Gasteiger partial charge in [0.05, 0.1) is 6.61 Å². The second-order valence-electron chi connectivity index (χ2n) is 5.87. The molecule has 0 saturated carbocycles. The van der Waals surface area contributed by atoms with E-state index in [0.717, 1.165) is 29.8 Å². The molecule has 0 bridgehead atoms. The lowest BCUT2D eigenvalue weighted by Gasteiger charge is -2.25. The van der Waals surface area contributed by atoms with E-state index in [4.69, 9.17) is 27.9 Å². The topological polar surface area (TPSA) is 29.5 Å². The summed E-state index contributed by atoms with van der Waals surface area (Å²) in [5.74, 6) is 0.968. The minimum absolute atomic E-state index is 0.101. The number of hydrogen-bond donors (Lipinski definition) is 0. The third kappa shape index (κ3) is 3.85. The Morgan fingerprint density at radius 3 is 2.62 bits per heavy atom. The van der Waals surface area contributed by atoms with Crippen molar-refractivity contribution in [2.24, 2.45) is 0 Å². The van der Waals surface area contributed by atoms with Crippen molar-refractivity contribution in [3.63, 3.8) is 0 Å². The second kappa shape index (κ2) is 7.45. The van der Waals surface area contributed by atoms with Crippen LogP contribution in [0.3, 0.4) is 0 Å². The molecule has 0 spiro atoms. The van der Waals surface area contributed by atoms with Crippen LogP contribution in [0.2, 0.25) is 10.0 Å². The van der Waals surface area contributed by atoms with E-state index in [0.29, 0.717) is 23.1 Å². The van der Waals surface area contributed by atoms with E-state index in [1.165, 1.54) is 0 Å². The molecule has 24 heavy (non-hydrogen) atoms.